The zero-order chi connectivity index (χ0) is 15.2. The van der Waals surface area contributed by atoms with E-state index in [-0.39, 0.29) is 5.92 Å². The smallest absolute Gasteiger partial charge is 0.304 e. The van der Waals surface area contributed by atoms with E-state index < -0.39 is 21.5 Å². The van der Waals surface area contributed by atoms with Crippen LogP contribution in [0.25, 0.3) is 0 Å². The highest BCUT2D eigenvalue weighted by Gasteiger charge is 2.34. The van der Waals surface area contributed by atoms with Crippen LogP contribution in [0.3, 0.4) is 0 Å². The third kappa shape index (κ3) is 4.98. The van der Waals surface area contributed by atoms with Gasteiger partial charge in [-0.25, -0.2) is 0 Å². The van der Waals surface area contributed by atoms with Crippen LogP contribution in [-0.4, -0.2) is 18.4 Å². The van der Waals surface area contributed by atoms with Gasteiger partial charge in [0.1, 0.15) is 0 Å². The Balaban J connectivity index is 3.18. The molecule has 0 bridgehead atoms. The molecule has 0 radical (unpaired) electrons. The van der Waals surface area contributed by atoms with Crippen molar-refractivity contribution in [2.45, 2.75) is 38.5 Å². The summed E-state index contributed by atoms with van der Waals surface area (Å²) in [4.78, 5) is 0. The second-order valence-corrected chi connectivity index (χ2v) is 6.63. The number of allylic oxidation sites excluding steroid dienone is 1. The van der Waals surface area contributed by atoms with Crippen molar-refractivity contribution < 1.29 is 17.7 Å². The Kier molecular flexibility index (Phi) is 6.23. The van der Waals surface area contributed by atoms with Crippen LogP contribution in [-0.2, 0) is 14.9 Å². The van der Waals surface area contributed by atoms with E-state index in [0.717, 1.165) is 5.56 Å². The predicted molar refractivity (Wildman–Crippen MR) is 79.9 cm³/mol. The molecule has 4 nitrogen and oxygen atoms in total. The summed E-state index contributed by atoms with van der Waals surface area (Å²) in [5.74, 6) is -0.138. The summed E-state index contributed by atoms with van der Waals surface area (Å²) in [6.45, 7) is 5.74. The monoisotopic (exact) mass is 298 g/mol. The van der Waals surface area contributed by atoms with Crippen molar-refractivity contribution in [1.29, 1.82) is 0 Å². The van der Waals surface area contributed by atoms with Gasteiger partial charge in [-0.1, -0.05) is 50.3 Å². The SMILES string of the molecule is CC=COC(C(CC(C)C)c1ccccc1)S(=O)(=O)O. The molecule has 2 atom stereocenters. The van der Waals surface area contributed by atoms with Gasteiger partial charge in [0.05, 0.1) is 6.26 Å². The molecule has 0 saturated heterocycles. The molecule has 1 aromatic rings. The third-order valence-electron chi connectivity index (χ3n) is 2.92. The molecule has 0 aromatic heterocycles. The fraction of sp³-hybridized carbons (Fsp3) is 0.467. The predicted octanol–water partition coefficient (Wildman–Crippen LogP) is 3.58. The summed E-state index contributed by atoms with van der Waals surface area (Å²) in [6, 6.07) is 9.26. The van der Waals surface area contributed by atoms with Gasteiger partial charge in [-0.05, 0) is 24.8 Å². The van der Waals surface area contributed by atoms with Crippen LogP contribution >= 0.6 is 0 Å². The lowest BCUT2D eigenvalue weighted by molar-refractivity contribution is 0.162. The Hall–Kier alpha value is -1.33. The van der Waals surface area contributed by atoms with Crippen LogP contribution in [0.5, 0.6) is 0 Å². The molecule has 0 aliphatic carbocycles. The van der Waals surface area contributed by atoms with Crippen molar-refractivity contribution in [2.24, 2.45) is 5.92 Å². The molecule has 1 rings (SSSR count). The average molecular weight is 298 g/mol. The molecular weight excluding hydrogens is 276 g/mol. The zero-order valence-corrected chi connectivity index (χ0v) is 12.9. The molecule has 0 aliphatic rings. The lowest BCUT2D eigenvalue weighted by Crippen LogP contribution is -2.30. The number of ether oxygens (including phenoxy) is 1. The molecule has 5 heteroatoms. The van der Waals surface area contributed by atoms with E-state index in [1.165, 1.54) is 6.26 Å². The maximum atomic E-state index is 11.6. The largest absolute Gasteiger partial charge is 0.479 e. The van der Waals surface area contributed by atoms with Crippen LogP contribution in [0.4, 0.5) is 0 Å². The van der Waals surface area contributed by atoms with E-state index in [9.17, 15) is 13.0 Å². The Bertz CT molecular complexity index is 520. The average Bonchev–Trinajstić information content (AvgIpc) is 2.37. The topological polar surface area (TPSA) is 63.6 Å². The van der Waals surface area contributed by atoms with E-state index in [4.69, 9.17) is 4.74 Å². The van der Waals surface area contributed by atoms with Crippen LogP contribution in [0.15, 0.2) is 42.7 Å². The Labute approximate surface area is 121 Å². The lowest BCUT2D eigenvalue weighted by Gasteiger charge is -2.26. The van der Waals surface area contributed by atoms with Gasteiger partial charge in [-0.15, -0.1) is 0 Å². The van der Waals surface area contributed by atoms with Crippen molar-refractivity contribution >= 4 is 10.1 Å². The Morgan fingerprint density at radius 2 is 1.85 bits per heavy atom. The highest BCUT2D eigenvalue weighted by molar-refractivity contribution is 7.86. The minimum atomic E-state index is -4.30. The molecule has 1 aromatic carbocycles. The lowest BCUT2D eigenvalue weighted by atomic mass is 9.91. The summed E-state index contributed by atoms with van der Waals surface area (Å²) in [6.07, 6.45) is 3.50. The van der Waals surface area contributed by atoms with E-state index in [0.29, 0.717) is 6.42 Å². The Morgan fingerprint density at radius 3 is 2.30 bits per heavy atom. The highest BCUT2D eigenvalue weighted by atomic mass is 32.2. The molecule has 0 amide bonds. The van der Waals surface area contributed by atoms with E-state index in [1.54, 1.807) is 13.0 Å². The molecule has 2 unspecified atom stereocenters. The fourth-order valence-electron chi connectivity index (χ4n) is 2.14. The molecule has 1 N–H and O–H groups in total. The van der Waals surface area contributed by atoms with Gasteiger partial charge in [0.2, 0.25) is 5.44 Å². The minimum absolute atomic E-state index is 0.277. The van der Waals surface area contributed by atoms with Crippen LogP contribution in [0.1, 0.15) is 38.7 Å². The van der Waals surface area contributed by atoms with Crippen LogP contribution < -0.4 is 0 Å². The standard InChI is InChI=1S/C15H22O4S/c1-4-10-19-15(20(16,17)18)14(11-12(2)3)13-8-6-5-7-9-13/h4-10,12,14-15H,11H2,1-3H3,(H,16,17,18). The van der Waals surface area contributed by atoms with Gasteiger partial charge in [0.15, 0.2) is 0 Å². The van der Waals surface area contributed by atoms with Gasteiger partial charge >= 0.3 is 10.1 Å². The summed E-state index contributed by atoms with van der Waals surface area (Å²) in [7, 11) is -4.30. The summed E-state index contributed by atoms with van der Waals surface area (Å²) in [5, 5.41) is 0. The maximum Gasteiger partial charge on any atom is 0.304 e. The van der Waals surface area contributed by atoms with E-state index in [2.05, 4.69) is 0 Å². The molecular formula is C15H22O4S. The third-order valence-corrected chi connectivity index (χ3v) is 3.95. The first kappa shape index (κ1) is 16.7. The van der Waals surface area contributed by atoms with Gasteiger partial charge in [-0.3, -0.25) is 4.55 Å². The van der Waals surface area contributed by atoms with Gasteiger partial charge < -0.3 is 4.74 Å². The number of hydrogen-bond acceptors (Lipinski definition) is 3. The number of hydrogen-bond donors (Lipinski definition) is 1. The van der Waals surface area contributed by atoms with Crippen LogP contribution in [0, 0.1) is 5.92 Å². The quantitative estimate of drug-likeness (QED) is 0.617. The molecule has 0 heterocycles. The fourth-order valence-corrected chi connectivity index (χ4v) is 3.03. The molecule has 0 saturated carbocycles. The highest BCUT2D eigenvalue weighted by Crippen LogP contribution is 2.31. The first-order valence-electron chi connectivity index (χ1n) is 6.64. The summed E-state index contributed by atoms with van der Waals surface area (Å²) < 4.78 is 38.0. The second kappa shape index (κ2) is 7.45. The van der Waals surface area contributed by atoms with E-state index >= 15 is 0 Å². The summed E-state index contributed by atoms with van der Waals surface area (Å²) >= 11 is 0. The van der Waals surface area contributed by atoms with Crippen molar-refractivity contribution in [2.75, 3.05) is 0 Å². The number of rotatable bonds is 7. The van der Waals surface area contributed by atoms with Gasteiger partial charge in [0, 0.05) is 5.92 Å². The van der Waals surface area contributed by atoms with Crippen molar-refractivity contribution in [3.8, 4) is 0 Å². The maximum absolute atomic E-state index is 11.6. The van der Waals surface area contributed by atoms with Crippen molar-refractivity contribution in [3.63, 3.8) is 0 Å². The molecule has 112 valence electrons. The first-order chi connectivity index (χ1) is 9.36. The Morgan fingerprint density at radius 1 is 1.25 bits per heavy atom. The first-order valence-corrected chi connectivity index (χ1v) is 8.14. The van der Waals surface area contributed by atoms with E-state index in [1.807, 2.05) is 44.2 Å². The summed E-state index contributed by atoms with van der Waals surface area (Å²) in [5.41, 5.74) is -0.447. The number of benzene rings is 1. The zero-order valence-electron chi connectivity index (χ0n) is 12.1. The molecule has 20 heavy (non-hydrogen) atoms. The van der Waals surface area contributed by atoms with Gasteiger partial charge in [-0.2, -0.15) is 8.42 Å². The normalized spacial score (nSPS) is 15.4. The minimum Gasteiger partial charge on any atom is -0.479 e. The van der Waals surface area contributed by atoms with Crippen molar-refractivity contribution in [1.82, 2.24) is 0 Å². The molecule has 0 fully saturated rings. The van der Waals surface area contributed by atoms with Crippen molar-refractivity contribution in [3.05, 3.63) is 48.2 Å². The molecule has 0 aliphatic heterocycles. The van der Waals surface area contributed by atoms with Gasteiger partial charge in [0.25, 0.3) is 0 Å². The second-order valence-electron chi connectivity index (χ2n) is 5.14. The molecule has 0 spiro atoms. The van der Waals surface area contributed by atoms with Crippen LogP contribution in [0.2, 0.25) is 0 Å².